The standard InChI is InChI=1S/C16H15Br2N3O2/c1-10-4-2-3-5-14(10)19-9-15(22)21-20-8-11-6-12(17)7-13(18)16(11)23/h2-8,19,23H,9H2,1H3,(H,21,22)/b20-8-. The Bertz CT molecular complexity index is 748. The van der Waals surface area contributed by atoms with E-state index in [1.807, 2.05) is 31.2 Å². The maximum Gasteiger partial charge on any atom is 0.259 e. The first-order valence-corrected chi connectivity index (χ1v) is 8.35. The number of amides is 1. The predicted octanol–water partition coefficient (Wildman–Crippen LogP) is 3.79. The van der Waals surface area contributed by atoms with E-state index in [1.165, 1.54) is 6.21 Å². The molecule has 0 saturated carbocycles. The summed E-state index contributed by atoms with van der Waals surface area (Å²) in [5, 5.41) is 16.8. The minimum absolute atomic E-state index is 0.0595. The molecule has 0 radical (unpaired) electrons. The molecule has 2 aromatic carbocycles. The molecule has 0 bridgehead atoms. The van der Waals surface area contributed by atoms with Crippen LogP contribution in [0, 0.1) is 6.92 Å². The quantitative estimate of drug-likeness (QED) is 0.489. The number of benzene rings is 2. The third kappa shape index (κ3) is 5.07. The molecule has 1 amide bonds. The topological polar surface area (TPSA) is 73.7 Å². The molecule has 3 N–H and O–H groups in total. The summed E-state index contributed by atoms with van der Waals surface area (Å²) in [7, 11) is 0. The highest BCUT2D eigenvalue weighted by Crippen LogP contribution is 2.30. The first-order valence-electron chi connectivity index (χ1n) is 6.77. The molecule has 120 valence electrons. The van der Waals surface area contributed by atoms with Crippen LogP contribution >= 0.6 is 31.9 Å². The summed E-state index contributed by atoms with van der Waals surface area (Å²) >= 11 is 6.56. The van der Waals surface area contributed by atoms with E-state index in [2.05, 4.69) is 47.7 Å². The van der Waals surface area contributed by atoms with Crippen LogP contribution in [0.1, 0.15) is 11.1 Å². The van der Waals surface area contributed by atoms with Gasteiger partial charge in [0.25, 0.3) is 5.91 Å². The van der Waals surface area contributed by atoms with Crippen LogP contribution in [0.3, 0.4) is 0 Å². The number of aromatic hydroxyl groups is 1. The van der Waals surface area contributed by atoms with Gasteiger partial charge < -0.3 is 10.4 Å². The molecule has 0 fully saturated rings. The number of anilines is 1. The van der Waals surface area contributed by atoms with Crippen LogP contribution in [0.2, 0.25) is 0 Å². The summed E-state index contributed by atoms with van der Waals surface area (Å²) in [6.45, 7) is 2.07. The SMILES string of the molecule is Cc1ccccc1NCC(=O)N/N=C\c1cc(Br)cc(Br)c1O. The molecular formula is C16H15Br2N3O2. The van der Waals surface area contributed by atoms with E-state index < -0.39 is 0 Å². The van der Waals surface area contributed by atoms with Crippen molar-refractivity contribution in [2.75, 3.05) is 11.9 Å². The van der Waals surface area contributed by atoms with Crippen molar-refractivity contribution in [3.63, 3.8) is 0 Å². The molecule has 0 aromatic heterocycles. The maximum absolute atomic E-state index is 11.8. The molecule has 0 unspecified atom stereocenters. The van der Waals surface area contributed by atoms with Gasteiger partial charge in [-0.3, -0.25) is 4.79 Å². The minimum Gasteiger partial charge on any atom is -0.506 e. The second-order valence-electron chi connectivity index (χ2n) is 4.79. The molecule has 0 atom stereocenters. The Hall–Kier alpha value is -1.86. The van der Waals surface area contributed by atoms with Crippen LogP contribution in [-0.2, 0) is 4.79 Å². The number of hydrazone groups is 1. The molecular weight excluding hydrogens is 426 g/mol. The van der Waals surface area contributed by atoms with Gasteiger partial charge in [-0.25, -0.2) is 5.43 Å². The fraction of sp³-hybridized carbons (Fsp3) is 0.125. The largest absolute Gasteiger partial charge is 0.506 e. The van der Waals surface area contributed by atoms with Gasteiger partial charge in [0.05, 0.1) is 17.2 Å². The second-order valence-corrected chi connectivity index (χ2v) is 6.56. The van der Waals surface area contributed by atoms with E-state index in [9.17, 15) is 9.90 Å². The Kier molecular flexibility index (Phi) is 6.18. The smallest absolute Gasteiger partial charge is 0.259 e. The summed E-state index contributed by atoms with van der Waals surface area (Å²) < 4.78 is 1.33. The molecule has 23 heavy (non-hydrogen) atoms. The lowest BCUT2D eigenvalue weighted by Crippen LogP contribution is -2.26. The van der Waals surface area contributed by atoms with E-state index >= 15 is 0 Å². The van der Waals surface area contributed by atoms with Gasteiger partial charge in [-0.15, -0.1) is 0 Å². The fourth-order valence-electron chi connectivity index (χ4n) is 1.84. The Balaban J connectivity index is 1.91. The summed E-state index contributed by atoms with van der Waals surface area (Å²) in [6.07, 6.45) is 1.39. The average Bonchev–Trinajstić information content (AvgIpc) is 2.51. The first kappa shape index (κ1) is 17.5. The monoisotopic (exact) mass is 439 g/mol. The van der Waals surface area contributed by atoms with Gasteiger partial charge in [-0.1, -0.05) is 34.1 Å². The highest BCUT2D eigenvalue weighted by atomic mass is 79.9. The van der Waals surface area contributed by atoms with Crippen molar-refractivity contribution in [1.29, 1.82) is 0 Å². The number of nitrogens with zero attached hydrogens (tertiary/aromatic N) is 1. The van der Waals surface area contributed by atoms with Gasteiger partial charge in [-0.2, -0.15) is 5.10 Å². The highest BCUT2D eigenvalue weighted by Gasteiger charge is 2.06. The molecule has 2 aromatic rings. The normalized spacial score (nSPS) is 10.7. The Labute approximate surface area is 151 Å². The maximum atomic E-state index is 11.8. The number of aryl methyl sites for hydroxylation is 1. The molecule has 0 heterocycles. The fourth-order valence-corrected chi connectivity index (χ4v) is 3.10. The number of phenols is 1. The number of hydrogen-bond acceptors (Lipinski definition) is 4. The summed E-state index contributed by atoms with van der Waals surface area (Å²) in [5.74, 6) is -0.220. The van der Waals surface area contributed by atoms with E-state index in [1.54, 1.807) is 12.1 Å². The molecule has 0 aliphatic rings. The van der Waals surface area contributed by atoms with E-state index in [-0.39, 0.29) is 18.2 Å². The van der Waals surface area contributed by atoms with E-state index in [0.717, 1.165) is 15.7 Å². The number of nitrogens with one attached hydrogen (secondary N) is 2. The van der Waals surface area contributed by atoms with Gasteiger partial charge >= 0.3 is 0 Å². The van der Waals surface area contributed by atoms with Crippen LogP contribution in [0.4, 0.5) is 5.69 Å². The summed E-state index contributed by atoms with van der Waals surface area (Å²) in [5.41, 5.74) is 4.86. The number of phenolic OH excluding ortho intramolecular Hbond substituents is 1. The van der Waals surface area contributed by atoms with Crippen molar-refractivity contribution in [3.05, 3.63) is 56.5 Å². The summed E-state index contributed by atoms with van der Waals surface area (Å²) in [4.78, 5) is 11.8. The van der Waals surface area contributed by atoms with Crippen LogP contribution in [0.5, 0.6) is 5.75 Å². The molecule has 0 aliphatic carbocycles. The van der Waals surface area contributed by atoms with Crippen molar-refractivity contribution >= 4 is 49.7 Å². The van der Waals surface area contributed by atoms with Gasteiger partial charge in [-0.05, 0) is 46.6 Å². The Morgan fingerprint density at radius 3 is 2.78 bits per heavy atom. The molecule has 2 rings (SSSR count). The van der Waals surface area contributed by atoms with Crippen molar-refractivity contribution < 1.29 is 9.90 Å². The van der Waals surface area contributed by atoms with Gasteiger partial charge in [0.2, 0.25) is 0 Å². The van der Waals surface area contributed by atoms with Gasteiger partial charge in [0, 0.05) is 15.7 Å². The number of carbonyl (C=O) groups excluding carboxylic acids is 1. The zero-order chi connectivity index (χ0) is 16.8. The zero-order valence-corrected chi connectivity index (χ0v) is 15.5. The van der Waals surface area contributed by atoms with Crippen molar-refractivity contribution in [2.24, 2.45) is 5.10 Å². The van der Waals surface area contributed by atoms with Crippen molar-refractivity contribution in [1.82, 2.24) is 5.43 Å². The number of para-hydroxylation sites is 1. The molecule has 0 spiro atoms. The lowest BCUT2D eigenvalue weighted by atomic mass is 10.2. The molecule has 5 nitrogen and oxygen atoms in total. The summed E-state index contributed by atoms with van der Waals surface area (Å²) in [6, 6.07) is 11.1. The average molecular weight is 441 g/mol. The zero-order valence-electron chi connectivity index (χ0n) is 12.3. The van der Waals surface area contributed by atoms with Gasteiger partial charge in [0.15, 0.2) is 0 Å². The molecule has 7 heteroatoms. The number of halogens is 2. The third-order valence-corrected chi connectivity index (χ3v) is 4.10. The van der Waals surface area contributed by atoms with Crippen LogP contribution < -0.4 is 10.7 Å². The van der Waals surface area contributed by atoms with E-state index in [0.29, 0.717) is 10.0 Å². The molecule has 0 saturated heterocycles. The highest BCUT2D eigenvalue weighted by molar-refractivity contribution is 9.11. The molecule has 0 aliphatic heterocycles. The third-order valence-electron chi connectivity index (χ3n) is 3.04. The van der Waals surface area contributed by atoms with Crippen LogP contribution in [-0.4, -0.2) is 23.8 Å². The Morgan fingerprint density at radius 2 is 2.04 bits per heavy atom. The Morgan fingerprint density at radius 1 is 1.30 bits per heavy atom. The lowest BCUT2D eigenvalue weighted by molar-refractivity contribution is -0.119. The minimum atomic E-state index is -0.280. The van der Waals surface area contributed by atoms with Gasteiger partial charge in [0.1, 0.15) is 5.75 Å². The van der Waals surface area contributed by atoms with E-state index in [4.69, 9.17) is 0 Å². The number of hydrogen-bond donors (Lipinski definition) is 3. The van der Waals surface area contributed by atoms with Crippen molar-refractivity contribution in [2.45, 2.75) is 6.92 Å². The lowest BCUT2D eigenvalue weighted by Gasteiger charge is -2.08. The van der Waals surface area contributed by atoms with Crippen molar-refractivity contribution in [3.8, 4) is 5.75 Å². The second kappa shape index (κ2) is 8.12. The van der Waals surface area contributed by atoms with Crippen LogP contribution in [0.15, 0.2) is 50.4 Å². The van der Waals surface area contributed by atoms with Crippen LogP contribution in [0.25, 0.3) is 0 Å². The predicted molar refractivity (Wildman–Crippen MR) is 98.9 cm³/mol. The number of carbonyl (C=O) groups is 1. The first-order chi connectivity index (χ1) is 11.0. The number of rotatable bonds is 5.